The second-order valence-corrected chi connectivity index (χ2v) is 10.3. The highest BCUT2D eigenvalue weighted by molar-refractivity contribution is 5.97. The maximum Gasteiger partial charge on any atom is 0.435 e. The topological polar surface area (TPSA) is 64.4 Å². The molecule has 11 heteroatoms. The fourth-order valence-corrected chi connectivity index (χ4v) is 5.18. The molecule has 2 atom stereocenters. The molecule has 6 nitrogen and oxygen atoms in total. The van der Waals surface area contributed by atoms with E-state index in [1.165, 1.54) is 19.1 Å². The number of ether oxygens (including phenoxy) is 1. The molecule has 0 bridgehead atoms. The van der Waals surface area contributed by atoms with Gasteiger partial charge in [0.2, 0.25) is 5.91 Å². The standard InChI is InChI=1S/C29H30F5N3O3/c1-17-4-9-25-26(10-17)37(35-27(25)29(32,33)34)16-23(38)14-19(11-18-12-20(30)15-21(31)13-18)28(39)36(2)22-5-7-24(40-3)8-6-22/h5-8,12-13,15,17,19H,4,9-11,14,16H2,1-3H3/t17?,19-/m1/s1. The van der Waals surface area contributed by atoms with Gasteiger partial charge in [-0.1, -0.05) is 6.92 Å². The highest BCUT2D eigenvalue weighted by Gasteiger charge is 2.40. The quantitative estimate of drug-likeness (QED) is 0.309. The molecule has 3 aromatic rings. The van der Waals surface area contributed by atoms with Crippen LogP contribution in [-0.2, 0) is 41.6 Å². The van der Waals surface area contributed by atoms with E-state index in [2.05, 4.69) is 5.10 Å². The van der Waals surface area contributed by atoms with Crippen molar-refractivity contribution in [2.45, 2.75) is 51.7 Å². The van der Waals surface area contributed by atoms with E-state index in [4.69, 9.17) is 4.74 Å². The van der Waals surface area contributed by atoms with Crippen molar-refractivity contribution >= 4 is 17.4 Å². The number of aromatic nitrogens is 2. The first-order chi connectivity index (χ1) is 18.8. The van der Waals surface area contributed by atoms with Gasteiger partial charge in [-0.15, -0.1) is 0 Å². The fourth-order valence-electron chi connectivity index (χ4n) is 5.18. The van der Waals surface area contributed by atoms with E-state index < -0.39 is 47.7 Å². The van der Waals surface area contributed by atoms with Gasteiger partial charge >= 0.3 is 6.18 Å². The summed E-state index contributed by atoms with van der Waals surface area (Å²) in [7, 11) is 3.01. The first kappa shape index (κ1) is 29.2. The van der Waals surface area contributed by atoms with Crippen LogP contribution in [-0.4, -0.2) is 35.6 Å². The van der Waals surface area contributed by atoms with Gasteiger partial charge in [0, 0.05) is 42.4 Å². The number of amides is 1. The van der Waals surface area contributed by atoms with Gasteiger partial charge in [0.15, 0.2) is 11.5 Å². The molecule has 0 fully saturated rings. The summed E-state index contributed by atoms with van der Waals surface area (Å²) in [5.74, 6) is -2.99. The van der Waals surface area contributed by atoms with Crippen LogP contribution in [0.25, 0.3) is 0 Å². The maximum atomic E-state index is 13.9. The number of halogens is 5. The molecular formula is C29H30F5N3O3. The van der Waals surface area contributed by atoms with E-state index in [1.54, 1.807) is 24.3 Å². The predicted molar refractivity (Wildman–Crippen MR) is 138 cm³/mol. The van der Waals surface area contributed by atoms with Crippen LogP contribution in [0.15, 0.2) is 42.5 Å². The molecule has 1 aromatic heterocycles. The molecule has 1 heterocycles. The van der Waals surface area contributed by atoms with Gasteiger partial charge < -0.3 is 9.64 Å². The number of carbonyl (C=O) groups is 2. The number of benzene rings is 2. The number of anilines is 1. The number of hydrogen-bond donors (Lipinski definition) is 0. The zero-order valence-electron chi connectivity index (χ0n) is 22.4. The Kier molecular flexibility index (Phi) is 8.60. The second-order valence-electron chi connectivity index (χ2n) is 10.3. The number of alkyl halides is 3. The summed E-state index contributed by atoms with van der Waals surface area (Å²) in [4.78, 5) is 28.1. The minimum atomic E-state index is -4.65. The smallest absolute Gasteiger partial charge is 0.435 e. The average Bonchev–Trinajstić information content (AvgIpc) is 3.24. The number of ketones is 1. The van der Waals surface area contributed by atoms with Crippen LogP contribution in [0, 0.1) is 23.5 Å². The molecule has 1 unspecified atom stereocenters. The lowest BCUT2D eigenvalue weighted by atomic mass is 9.88. The summed E-state index contributed by atoms with van der Waals surface area (Å²) >= 11 is 0. The molecule has 0 aliphatic heterocycles. The number of nitrogens with zero attached hydrogens (tertiary/aromatic N) is 3. The molecule has 214 valence electrons. The fraction of sp³-hybridized carbons (Fsp3) is 0.414. The molecule has 4 rings (SSSR count). The minimum absolute atomic E-state index is 0.112. The Morgan fingerprint density at radius 2 is 1.77 bits per heavy atom. The van der Waals surface area contributed by atoms with E-state index in [0.717, 1.165) is 16.8 Å². The summed E-state index contributed by atoms with van der Waals surface area (Å²) in [5.41, 5.74) is 0.185. The monoisotopic (exact) mass is 563 g/mol. The van der Waals surface area contributed by atoms with E-state index >= 15 is 0 Å². The molecular weight excluding hydrogens is 533 g/mol. The predicted octanol–water partition coefficient (Wildman–Crippen LogP) is 5.79. The van der Waals surface area contributed by atoms with E-state index in [0.29, 0.717) is 36.0 Å². The molecule has 40 heavy (non-hydrogen) atoms. The van der Waals surface area contributed by atoms with Crippen LogP contribution in [0.1, 0.15) is 42.3 Å². The normalized spacial score (nSPS) is 15.8. The molecule has 2 aromatic carbocycles. The molecule has 0 N–H and O–H groups in total. The first-order valence-electron chi connectivity index (χ1n) is 12.9. The zero-order chi connectivity index (χ0) is 29.2. The van der Waals surface area contributed by atoms with Crippen molar-refractivity contribution in [1.29, 1.82) is 0 Å². The third-order valence-corrected chi connectivity index (χ3v) is 7.21. The molecule has 0 radical (unpaired) electrons. The Balaban J connectivity index is 1.60. The zero-order valence-corrected chi connectivity index (χ0v) is 22.4. The lowest BCUT2D eigenvalue weighted by Crippen LogP contribution is -2.36. The number of rotatable bonds is 9. The summed E-state index contributed by atoms with van der Waals surface area (Å²) in [6.45, 7) is 1.48. The summed E-state index contributed by atoms with van der Waals surface area (Å²) in [6.07, 6.45) is -3.99. The molecule has 1 aliphatic carbocycles. The van der Waals surface area contributed by atoms with Gasteiger partial charge in [0.05, 0.1) is 13.7 Å². The van der Waals surface area contributed by atoms with E-state index in [-0.39, 0.29) is 36.3 Å². The Hall–Kier alpha value is -3.76. The first-order valence-corrected chi connectivity index (χ1v) is 12.9. The van der Waals surface area contributed by atoms with Crippen molar-refractivity contribution in [1.82, 2.24) is 9.78 Å². The molecule has 1 aliphatic rings. The van der Waals surface area contributed by atoms with Crippen LogP contribution in [0.4, 0.5) is 27.6 Å². The highest BCUT2D eigenvalue weighted by atomic mass is 19.4. The van der Waals surface area contributed by atoms with Gasteiger partial charge in [-0.3, -0.25) is 14.3 Å². The van der Waals surface area contributed by atoms with Crippen LogP contribution in [0.5, 0.6) is 5.75 Å². The lowest BCUT2D eigenvalue weighted by molar-refractivity contribution is -0.142. The summed E-state index contributed by atoms with van der Waals surface area (Å²) in [6, 6.07) is 9.47. The summed E-state index contributed by atoms with van der Waals surface area (Å²) in [5, 5.41) is 3.76. The van der Waals surface area contributed by atoms with Crippen LogP contribution in [0.2, 0.25) is 0 Å². The minimum Gasteiger partial charge on any atom is -0.497 e. The third kappa shape index (κ3) is 6.68. The number of methoxy groups -OCH3 is 1. The van der Waals surface area contributed by atoms with Crippen LogP contribution >= 0.6 is 0 Å². The summed E-state index contributed by atoms with van der Waals surface area (Å²) < 4.78 is 75.0. The molecule has 1 amide bonds. The van der Waals surface area contributed by atoms with Crippen molar-refractivity contribution < 1.29 is 36.3 Å². The van der Waals surface area contributed by atoms with Crippen molar-refractivity contribution in [3.63, 3.8) is 0 Å². The highest BCUT2D eigenvalue weighted by Crippen LogP contribution is 2.37. The third-order valence-electron chi connectivity index (χ3n) is 7.21. The maximum absolute atomic E-state index is 13.9. The Morgan fingerprint density at radius 1 is 1.12 bits per heavy atom. The number of hydrogen-bond acceptors (Lipinski definition) is 4. The Morgan fingerprint density at radius 3 is 2.38 bits per heavy atom. The van der Waals surface area contributed by atoms with Gasteiger partial charge in [-0.05, 0) is 73.6 Å². The lowest BCUT2D eigenvalue weighted by Gasteiger charge is -2.24. The van der Waals surface area contributed by atoms with Crippen molar-refractivity contribution in [2.24, 2.45) is 11.8 Å². The second kappa shape index (κ2) is 11.8. The largest absolute Gasteiger partial charge is 0.497 e. The molecule has 0 spiro atoms. The Labute approximate surface area is 228 Å². The number of fused-ring (bicyclic) bond motifs is 1. The van der Waals surface area contributed by atoms with Crippen LogP contribution < -0.4 is 9.64 Å². The van der Waals surface area contributed by atoms with Gasteiger partial charge in [-0.25, -0.2) is 8.78 Å². The number of carbonyl (C=O) groups excluding carboxylic acids is 2. The molecule has 0 saturated carbocycles. The van der Waals surface area contributed by atoms with E-state index in [9.17, 15) is 31.5 Å². The van der Waals surface area contributed by atoms with Gasteiger partial charge in [-0.2, -0.15) is 18.3 Å². The van der Waals surface area contributed by atoms with Gasteiger partial charge in [0.25, 0.3) is 0 Å². The van der Waals surface area contributed by atoms with Crippen molar-refractivity contribution in [2.75, 3.05) is 19.1 Å². The van der Waals surface area contributed by atoms with E-state index in [1.807, 2.05) is 6.92 Å². The average molecular weight is 564 g/mol. The Bertz CT molecular complexity index is 1360. The van der Waals surface area contributed by atoms with Crippen molar-refractivity contribution in [3.8, 4) is 5.75 Å². The van der Waals surface area contributed by atoms with Gasteiger partial charge in [0.1, 0.15) is 17.4 Å². The van der Waals surface area contributed by atoms with Crippen molar-refractivity contribution in [3.05, 3.63) is 76.6 Å². The molecule has 0 saturated heterocycles. The SMILES string of the molecule is COc1ccc(N(C)C(=O)[C@@H](CC(=O)Cn2nc(C(F)(F)F)c3c2CC(C)CC3)Cc2cc(F)cc(F)c2)cc1. The van der Waals surface area contributed by atoms with Crippen LogP contribution in [0.3, 0.4) is 0 Å². The number of Topliss-reactive ketones (excluding diaryl/α,β-unsaturated/α-hetero) is 1.